The van der Waals surface area contributed by atoms with E-state index in [0.717, 1.165) is 10.2 Å². The third-order valence-corrected chi connectivity index (χ3v) is 5.64. The van der Waals surface area contributed by atoms with Gasteiger partial charge in [-0.15, -0.1) is 0 Å². The van der Waals surface area contributed by atoms with Crippen molar-refractivity contribution in [3.8, 4) is 0 Å². The standard InChI is InChI=1S/C14H24N2O3S/c1-11-4-6-12(7-5-11)15-10-13-8-9-14(19-13)20(17,18)16(2)3/h8-9,11-12,15H,4-7,10H2,1-3H3. The normalized spacial score (nSPS) is 24.2. The Balaban J connectivity index is 1.90. The summed E-state index contributed by atoms with van der Waals surface area (Å²) in [5.41, 5.74) is 0. The fourth-order valence-electron chi connectivity index (χ4n) is 2.48. The van der Waals surface area contributed by atoms with Gasteiger partial charge in [-0.25, -0.2) is 12.7 Å². The van der Waals surface area contributed by atoms with Gasteiger partial charge >= 0.3 is 0 Å². The summed E-state index contributed by atoms with van der Waals surface area (Å²) in [7, 11) is -0.470. The van der Waals surface area contributed by atoms with E-state index in [-0.39, 0.29) is 5.09 Å². The van der Waals surface area contributed by atoms with E-state index in [1.807, 2.05) is 0 Å². The van der Waals surface area contributed by atoms with Gasteiger partial charge in [-0.2, -0.15) is 0 Å². The van der Waals surface area contributed by atoms with Crippen LogP contribution >= 0.6 is 0 Å². The van der Waals surface area contributed by atoms with Crippen LogP contribution < -0.4 is 5.32 Å². The fraction of sp³-hybridized carbons (Fsp3) is 0.714. The Bertz CT molecular complexity index is 528. The van der Waals surface area contributed by atoms with Gasteiger partial charge in [0.1, 0.15) is 5.76 Å². The van der Waals surface area contributed by atoms with Crippen molar-refractivity contribution in [2.75, 3.05) is 14.1 Å². The lowest BCUT2D eigenvalue weighted by molar-refractivity contribution is 0.295. The van der Waals surface area contributed by atoms with Crippen LogP contribution in [0.15, 0.2) is 21.6 Å². The zero-order chi connectivity index (χ0) is 14.8. The number of nitrogens with zero attached hydrogens (tertiary/aromatic N) is 1. The smallest absolute Gasteiger partial charge is 0.275 e. The first-order valence-electron chi connectivity index (χ1n) is 7.14. The molecule has 1 aromatic heterocycles. The van der Waals surface area contributed by atoms with Gasteiger partial charge in [-0.3, -0.25) is 0 Å². The maximum Gasteiger partial charge on any atom is 0.275 e. The molecule has 1 saturated carbocycles. The van der Waals surface area contributed by atoms with Crippen LogP contribution in [0.5, 0.6) is 0 Å². The summed E-state index contributed by atoms with van der Waals surface area (Å²) in [6.07, 6.45) is 4.89. The summed E-state index contributed by atoms with van der Waals surface area (Å²) in [5, 5.41) is 3.46. The van der Waals surface area contributed by atoms with E-state index in [2.05, 4.69) is 12.2 Å². The average Bonchev–Trinajstić information content (AvgIpc) is 2.87. The minimum absolute atomic E-state index is 0.0107. The predicted octanol–water partition coefficient (Wildman–Crippen LogP) is 2.20. The molecule has 6 heteroatoms. The molecule has 5 nitrogen and oxygen atoms in total. The largest absolute Gasteiger partial charge is 0.447 e. The van der Waals surface area contributed by atoms with E-state index < -0.39 is 10.0 Å². The molecular formula is C14H24N2O3S. The lowest BCUT2D eigenvalue weighted by Crippen LogP contribution is -2.32. The van der Waals surface area contributed by atoms with E-state index in [4.69, 9.17) is 4.42 Å². The highest BCUT2D eigenvalue weighted by Crippen LogP contribution is 2.24. The zero-order valence-corrected chi connectivity index (χ0v) is 13.2. The third-order valence-electron chi connectivity index (χ3n) is 3.95. The number of furan rings is 1. The van der Waals surface area contributed by atoms with Gasteiger partial charge in [-0.05, 0) is 43.7 Å². The fourth-order valence-corrected chi connectivity index (χ4v) is 3.29. The Morgan fingerprint density at radius 2 is 1.90 bits per heavy atom. The van der Waals surface area contributed by atoms with Crippen LogP contribution in [0.3, 0.4) is 0 Å². The van der Waals surface area contributed by atoms with Crippen LogP contribution in [0.25, 0.3) is 0 Å². The SMILES string of the molecule is CC1CCC(NCc2ccc(S(=O)(=O)N(C)C)o2)CC1. The summed E-state index contributed by atoms with van der Waals surface area (Å²) in [6, 6.07) is 3.77. The van der Waals surface area contributed by atoms with Gasteiger partial charge < -0.3 is 9.73 Å². The summed E-state index contributed by atoms with van der Waals surface area (Å²) in [5.74, 6) is 1.50. The number of rotatable bonds is 5. The Morgan fingerprint density at radius 1 is 1.25 bits per heavy atom. The Hall–Kier alpha value is -0.850. The molecule has 0 spiro atoms. The van der Waals surface area contributed by atoms with E-state index >= 15 is 0 Å². The highest BCUT2D eigenvalue weighted by atomic mass is 32.2. The molecule has 0 amide bonds. The maximum absolute atomic E-state index is 11.9. The molecule has 1 aromatic rings. The Labute approximate surface area is 121 Å². The first-order valence-corrected chi connectivity index (χ1v) is 8.58. The van der Waals surface area contributed by atoms with Crippen molar-refractivity contribution in [1.82, 2.24) is 9.62 Å². The van der Waals surface area contributed by atoms with Crippen LogP contribution in [-0.2, 0) is 16.6 Å². The van der Waals surface area contributed by atoms with Crippen molar-refractivity contribution in [3.05, 3.63) is 17.9 Å². The highest BCUT2D eigenvalue weighted by molar-refractivity contribution is 7.88. The molecule has 20 heavy (non-hydrogen) atoms. The molecular weight excluding hydrogens is 276 g/mol. The van der Waals surface area contributed by atoms with Gasteiger partial charge in [0.25, 0.3) is 10.0 Å². The average molecular weight is 300 g/mol. The molecule has 0 radical (unpaired) electrons. The third kappa shape index (κ3) is 3.62. The van der Waals surface area contributed by atoms with Gasteiger partial charge in [0.05, 0.1) is 6.54 Å². The van der Waals surface area contributed by atoms with E-state index in [0.29, 0.717) is 18.3 Å². The highest BCUT2D eigenvalue weighted by Gasteiger charge is 2.22. The molecule has 114 valence electrons. The van der Waals surface area contributed by atoms with Crippen molar-refractivity contribution >= 4 is 10.0 Å². The topological polar surface area (TPSA) is 62.6 Å². The number of hydrogen-bond acceptors (Lipinski definition) is 4. The minimum atomic E-state index is -3.47. The van der Waals surface area contributed by atoms with E-state index in [1.54, 1.807) is 6.07 Å². The zero-order valence-electron chi connectivity index (χ0n) is 12.4. The molecule has 0 aliphatic heterocycles. The summed E-state index contributed by atoms with van der Waals surface area (Å²) >= 11 is 0. The molecule has 0 unspecified atom stereocenters. The molecule has 2 rings (SSSR count). The minimum Gasteiger partial charge on any atom is -0.447 e. The van der Waals surface area contributed by atoms with Gasteiger partial charge in [0, 0.05) is 20.1 Å². The lowest BCUT2D eigenvalue weighted by atomic mass is 9.87. The summed E-state index contributed by atoms with van der Waals surface area (Å²) in [4.78, 5) is 0. The van der Waals surface area contributed by atoms with Crippen molar-refractivity contribution in [1.29, 1.82) is 0 Å². The van der Waals surface area contributed by atoms with Crippen LogP contribution in [-0.4, -0.2) is 32.9 Å². The number of hydrogen-bond donors (Lipinski definition) is 1. The van der Waals surface area contributed by atoms with Crippen molar-refractivity contribution in [2.45, 2.75) is 50.3 Å². The Kier molecular flexibility index (Phi) is 4.88. The molecule has 0 bridgehead atoms. The van der Waals surface area contributed by atoms with Gasteiger partial charge in [0.2, 0.25) is 5.09 Å². The first-order chi connectivity index (χ1) is 9.39. The maximum atomic E-state index is 11.9. The second-order valence-electron chi connectivity index (χ2n) is 5.85. The number of nitrogens with one attached hydrogen (secondary N) is 1. The second-order valence-corrected chi connectivity index (χ2v) is 7.93. The molecule has 1 aliphatic carbocycles. The molecule has 1 aliphatic rings. The Morgan fingerprint density at radius 3 is 2.50 bits per heavy atom. The quantitative estimate of drug-likeness (QED) is 0.905. The molecule has 1 fully saturated rings. The first kappa shape index (κ1) is 15.5. The summed E-state index contributed by atoms with van der Waals surface area (Å²) in [6.45, 7) is 2.88. The molecule has 0 atom stereocenters. The predicted molar refractivity (Wildman–Crippen MR) is 77.8 cm³/mol. The van der Waals surface area contributed by atoms with Crippen LogP contribution in [0.2, 0.25) is 0 Å². The molecule has 0 saturated heterocycles. The second kappa shape index (κ2) is 6.28. The van der Waals surface area contributed by atoms with Gasteiger partial charge in [-0.1, -0.05) is 6.92 Å². The van der Waals surface area contributed by atoms with Gasteiger partial charge in [0.15, 0.2) is 0 Å². The summed E-state index contributed by atoms with van der Waals surface area (Å²) < 4.78 is 30.4. The van der Waals surface area contributed by atoms with E-state index in [9.17, 15) is 8.42 Å². The molecule has 0 aromatic carbocycles. The van der Waals surface area contributed by atoms with Crippen molar-refractivity contribution < 1.29 is 12.8 Å². The lowest BCUT2D eigenvalue weighted by Gasteiger charge is -2.26. The van der Waals surface area contributed by atoms with Crippen LogP contribution in [0.1, 0.15) is 38.4 Å². The van der Waals surface area contributed by atoms with Crippen molar-refractivity contribution in [2.24, 2.45) is 5.92 Å². The van der Waals surface area contributed by atoms with E-state index in [1.165, 1.54) is 45.8 Å². The molecule has 1 heterocycles. The van der Waals surface area contributed by atoms with Crippen molar-refractivity contribution in [3.63, 3.8) is 0 Å². The monoisotopic (exact) mass is 300 g/mol. The number of sulfonamides is 1. The van der Waals surface area contributed by atoms with Crippen LogP contribution in [0.4, 0.5) is 0 Å². The molecule has 1 N–H and O–H groups in total. The van der Waals surface area contributed by atoms with Crippen LogP contribution in [0, 0.1) is 5.92 Å².